The van der Waals surface area contributed by atoms with Gasteiger partial charge in [0.1, 0.15) is 0 Å². The van der Waals surface area contributed by atoms with Crippen molar-refractivity contribution in [3.63, 3.8) is 0 Å². The molecule has 1 unspecified atom stereocenters. The van der Waals surface area contributed by atoms with Crippen molar-refractivity contribution in [1.82, 2.24) is 0 Å². The van der Waals surface area contributed by atoms with E-state index in [1.54, 1.807) is 18.2 Å². The number of hydrogen-bond acceptors (Lipinski definition) is 4. The van der Waals surface area contributed by atoms with Crippen molar-refractivity contribution >= 4 is 23.3 Å². The van der Waals surface area contributed by atoms with Gasteiger partial charge >= 0.3 is 5.97 Å². The van der Waals surface area contributed by atoms with Crippen molar-refractivity contribution in [2.24, 2.45) is 0 Å². The molecule has 1 atom stereocenters. The van der Waals surface area contributed by atoms with Crippen molar-refractivity contribution in [3.8, 4) is 0 Å². The van der Waals surface area contributed by atoms with Crippen LogP contribution in [0.1, 0.15) is 29.8 Å². The van der Waals surface area contributed by atoms with E-state index in [1.807, 2.05) is 0 Å². The molecule has 0 saturated carbocycles. The molecule has 5 nitrogen and oxygen atoms in total. The lowest BCUT2D eigenvalue weighted by atomic mass is 10.1. The minimum absolute atomic E-state index is 0.171. The maximum Gasteiger partial charge on any atom is 0.303 e. The minimum Gasteiger partial charge on any atom is -0.454 e. The molecule has 0 heterocycles. The molecule has 1 N–H and O–H groups in total. The number of benzene rings is 1. The number of nitrogens with one attached hydrogen (secondary N) is 1. The molecule has 1 aromatic rings. The molecule has 94 valence electrons. The summed E-state index contributed by atoms with van der Waals surface area (Å²) in [4.78, 5) is 33.7. The van der Waals surface area contributed by atoms with Crippen molar-refractivity contribution in [2.45, 2.75) is 26.4 Å². The quantitative estimate of drug-likeness (QED) is 0.800. The lowest BCUT2D eigenvalue weighted by Crippen LogP contribution is -2.22. The Morgan fingerprint density at radius 2 is 2.06 bits per heavy atom. The minimum atomic E-state index is -0.731. The third-order valence-corrected chi connectivity index (χ3v) is 2.70. The predicted molar refractivity (Wildman–Crippen MR) is 64.3 cm³/mol. The molecule has 1 amide bonds. The second-order valence-electron chi connectivity index (χ2n) is 4.22. The Balaban J connectivity index is 2.23. The number of ketones is 1. The number of anilines is 1. The average molecular weight is 247 g/mol. The molecule has 1 aliphatic carbocycles. The number of ether oxygens (including phenoxy) is 1. The Bertz CT molecular complexity index is 536. The van der Waals surface area contributed by atoms with Crippen LogP contribution in [0.15, 0.2) is 18.2 Å². The van der Waals surface area contributed by atoms with Crippen molar-refractivity contribution in [1.29, 1.82) is 0 Å². The summed E-state index contributed by atoms with van der Waals surface area (Å²) in [6, 6.07) is 5.04. The topological polar surface area (TPSA) is 72.5 Å². The molecule has 0 aliphatic heterocycles. The number of hydrogen-bond donors (Lipinski definition) is 1. The monoisotopic (exact) mass is 247 g/mol. The summed E-state index contributed by atoms with van der Waals surface area (Å²) in [5, 5.41) is 2.65. The fourth-order valence-corrected chi connectivity index (χ4v) is 2.05. The summed E-state index contributed by atoms with van der Waals surface area (Å²) in [6.07, 6.45) is -0.369. The van der Waals surface area contributed by atoms with Gasteiger partial charge in [0.2, 0.25) is 11.7 Å². The fraction of sp³-hybridized carbons (Fsp3) is 0.308. The van der Waals surface area contributed by atoms with E-state index < -0.39 is 12.1 Å². The van der Waals surface area contributed by atoms with E-state index in [2.05, 4.69) is 5.32 Å². The molecule has 5 heteroatoms. The highest BCUT2D eigenvalue weighted by atomic mass is 16.5. The first-order chi connectivity index (χ1) is 8.47. The Morgan fingerprint density at radius 3 is 2.67 bits per heavy atom. The van der Waals surface area contributed by atoms with E-state index in [4.69, 9.17) is 4.74 Å². The highest BCUT2D eigenvalue weighted by molar-refractivity contribution is 6.05. The van der Waals surface area contributed by atoms with E-state index >= 15 is 0 Å². The first-order valence-electron chi connectivity index (χ1n) is 5.59. The van der Waals surface area contributed by atoms with Crippen molar-refractivity contribution in [3.05, 3.63) is 29.3 Å². The van der Waals surface area contributed by atoms with Gasteiger partial charge in [0.25, 0.3) is 0 Å². The van der Waals surface area contributed by atoms with Crippen molar-refractivity contribution in [2.75, 3.05) is 5.32 Å². The Kier molecular flexibility index (Phi) is 3.14. The summed E-state index contributed by atoms with van der Waals surface area (Å²) >= 11 is 0. The molecule has 0 fully saturated rings. The first kappa shape index (κ1) is 12.3. The van der Waals surface area contributed by atoms with E-state index in [1.165, 1.54) is 13.8 Å². The maximum atomic E-state index is 11.9. The van der Waals surface area contributed by atoms with Gasteiger partial charge < -0.3 is 10.1 Å². The van der Waals surface area contributed by atoms with Gasteiger partial charge in [0.05, 0.1) is 0 Å². The lowest BCUT2D eigenvalue weighted by Gasteiger charge is -2.06. The first-order valence-corrected chi connectivity index (χ1v) is 5.59. The summed E-state index contributed by atoms with van der Waals surface area (Å²) in [7, 11) is 0. The summed E-state index contributed by atoms with van der Waals surface area (Å²) in [6.45, 7) is 2.69. The zero-order valence-electron chi connectivity index (χ0n) is 10.1. The summed E-state index contributed by atoms with van der Waals surface area (Å²) in [5.41, 5.74) is 1.98. The smallest absolute Gasteiger partial charge is 0.303 e. The summed E-state index contributed by atoms with van der Waals surface area (Å²) in [5.74, 6) is -0.825. The molecule has 1 aromatic carbocycles. The van der Waals surface area contributed by atoms with Crippen LogP contribution in [-0.4, -0.2) is 23.8 Å². The number of carbonyl (C=O) groups excluding carboxylic acids is 3. The van der Waals surface area contributed by atoms with Crippen LogP contribution in [-0.2, 0) is 20.7 Å². The van der Waals surface area contributed by atoms with Gasteiger partial charge in [-0.3, -0.25) is 14.4 Å². The molecule has 0 bridgehead atoms. The highest BCUT2D eigenvalue weighted by Gasteiger charge is 2.32. The average Bonchev–Trinajstić information content (AvgIpc) is 2.54. The molecular weight excluding hydrogens is 234 g/mol. The molecule has 1 aliphatic rings. The Labute approximate surface area is 104 Å². The van der Waals surface area contributed by atoms with Gasteiger partial charge in [-0.25, -0.2) is 0 Å². The number of rotatable bonds is 2. The molecule has 18 heavy (non-hydrogen) atoms. The van der Waals surface area contributed by atoms with Gasteiger partial charge in [-0.1, -0.05) is 0 Å². The second-order valence-corrected chi connectivity index (χ2v) is 4.22. The van der Waals surface area contributed by atoms with Crippen LogP contribution in [0.2, 0.25) is 0 Å². The maximum absolute atomic E-state index is 11.9. The summed E-state index contributed by atoms with van der Waals surface area (Å²) < 4.78 is 4.95. The second kappa shape index (κ2) is 4.60. The number of carbonyl (C=O) groups is 3. The van der Waals surface area contributed by atoms with Crippen LogP contribution in [0.4, 0.5) is 5.69 Å². The van der Waals surface area contributed by atoms with E-state index in [0.717, 1.165) is 5.56 Å². The van der Waals surface area contributed by atoms with Gasteiger partial charge in [-0.05, 0) is 23.8 Å². The lowest BCUT2D eigenvalue weighted by molar-refractivity contribution is -0.144. The third-order valence-electron chi connectivity index (χ3n) is 2.70. The van der Waals surface area contributed by atoms with Crippen LogP contribution in [0.25, 0.3) is 0 Å². The number of amides is 1. The third kappa shape index (κ3) is 2.40. The predicted octanol–water partition coefficient (Wildman–Crippen LogP) is 1.32. The SMILES string of the molecule is CC(=O)Nc1ccc2c(c1)CC(OC(C)=O)C2=O. The van der Waals surface area contributed by atoms with Gasteiger partial charge in [-0.15, -0.1) is 0 Å². The van der Waals surface area contributed by atoms with Crippen LogP contribution < -0.4 is 5.32 Å². The molecular formula is C13H13NO4. The fourth-order valence-electron chi connectivity index (χ4n) is 2.05. The number of Topliss-reactive ketones (excluding diaryl/α,β-unsaturated/α-hetero) is 1. The molecule has 0 aromatic heterocycles. The highest BCUT2D eigenvalue weighted by Crippen LogP contribution is 2.27. The van der Waals surface area contributed by atoms with Crippen LogP contribution in [0.3, 0.4) is 0 Å². The van der Waals surface area contributed by atoms with E-state index in [-0.39, 0.29) is 11.7 Å². The van der Waals surface area contributed by atoms with Crippen molar-refractivity contribution < 1.29 is 19.1 Å². The standard InChI is InChI=1S/C13H13NO4/c1-7(15)14-10-3-4-11-9(5-10)6-12(13(11)17)18-8(2)16/h3-5,12H,6H2,1-2H3,(H,14,15). The Hall–Kier alpha value is -2.17. The number of esters is 1. The van der Waals surface area contributed by atoms with E-state index in [9.17, 15) is 14.4 Å². The zero-order chi connectivity index (χ0) is 13.3. The van der Waals surface area contributed by atoms with Gasteiger partial charge in [-0.2, -0.15) is 0 Å². The van der Waals surface area contributed by atoms with Crippen LogP contribution >= 0.6 is 0 Å². The van der Waals surface area contributed by atoms with Gasteiger partial charge in [0.15, 0.2) is 6.10 Å². The molecule has 0 saturated heterocycles. The number of fused-ring (bicyclic) bond motifs is 1. The van der Waals surface area contributed by atoms with Crippen LogP contribution in [0, 0.1) is 0 Å². The normalized spacial score (nSPS) is 17.2. The zero-order valence-corrected chi connectivity index (χ0v) is 10.1. The Morgan fingerprint density at radius 1 is 1.33 bits per heavy atom. The van der Waals surface area contributed by atoms with Gasteiger partial charge in [0, 0.05) is 31.5 Å². The molecule has 0 radical (unpaired) electrons. The molecule has 0 spiro atoms. The van der Waals surface area contributed by atoms with E-state index in [0.29, 0.717) is 17.7 Å². The largest absolute Gasteiger partial charge is 0.454 e. The van der Waals surface area contributed by atoms with Crippen LogP contribution in [0.5, 0.6) is 0 Å². The molecule has 2 rings (SSSR count).